The van der Waals surface area contributed by atoms with Gasteiger partial charge in [-0.2, -0.15) is 4.98 Å². The van der Waals surface area contributed by atoms with Gasteiger partial charge in [0.05, 0.1) is 24.1 Å². The number of amides is 1. The van der Waals surface area contributed by atoms with E-state index in [9.17, 15) is 4.79 Å². The maximum absolute atomic E-state index is 12.1. The van der Waals surface area contributed by atoms with Crippen LogP contribution in [-0.2, 0) is 9.53 Å². The summed E-state index contributed by atoms with van der Waals surface area (Å²) in [5.41, 5.74) is 0.818. The molecule has 3 rings (SSSR count). The Balaban J connectivity index is 1.74. The van der Waals surface area contributed by atoms with Crippen LogP contribution >= 0.6 is 0 Å². The second-order valence-electron chi connectivity index (χ2n) is 4.87. The van der Waals surface area contributed by atoms with E-state index in [1.165, 1.54) is 0 Å². The predicted molar refractivity (Wildman–Crippen MR) is 77.2 cm³/mol. The average molecular weight is 287 g/mol. The number of hydrogen-bond acceptors (Lipinski definition) is 5. The molecule has 0 radical (unpaired) electrons. The van der Waals surface area contributed by atoms with Gasteiger partial charge in [0, 0.05) is 13.1 Å². The summed E-state index contributed by atoms with van der Waals surface area (Å²) in [4.78, 5) is 22.5. The summed E-state index contributed by atoms with van der Waals surface area (Å²) < 4.78 is 10.9. The van der Waals surface area contributed by atoms with E-state index in [0.717, 1.165) is 10.9 Å². The van der Waals surface area contributed by atoms with Gasteiger partial charge < -0.3 is 14.4 Å². The number of para-hydroxylation sites is 1. The molecule has 1 saturated heterocycles. The number of morpholine rings is 1. The molecule has 0 bridgehead atoms. The van der Waals surface area contributed by atoms with Gasteiger partial charge in [0.2, 0.25) is 5.88 Å². The summed E-state index contributed by atoms with van der Waals surface area (Å²) >= 11 is 0. The molecule has 0 aliphatic carbocycles. The molecule has 1 aromatic heterocycles. The van der Waals surface area contributed by atoms with Gasteiger partial charge >= 0.3 is 0 Å². The third kappa shape index (κ3) is 3.11. The van der Waals surface area contributed by atoms with Crippen LogP contribution in [0.15, 0.2) is 24.3 Å². The molecule has 2 aromatic rings. The first-order chi connectivity index (χ1) is 10.2. The molecule has 1 aliphatic rings. The Morgan fingerprint density at radius 3 is 2.86 bits per heavy atom. The van der Waals surface area contributed by atoms with E-state index in [-0.39, 0.29) is 12.5 Å². The monoisotopic (exact) mass is 287 g/mol. The lowest BCUT2D eigenvalue weighted by atomic mass is 10.2. The van der Waals surface area contributed by atoms with Gasteiger partial charge in [-0.1, -0.05) is 12.1 Å². The SMILES string of the molecule is Cc1nc(OCC(=O)N2CCOCC2)c2ccccc2n1. The van der Waals surface area contributed by atoms with Crippen molar-refractivity contribution in [3.63, 3.8) is 0 Å². The van der Waals surface area contributed by atoms with Gasteiger partial charge in [-0.15, -0.1) is 0 Å². The molecule has 110 valence electrons. The third-order valence-electron chi connectivity index (χ3n) is 3.38. The number of benzene rings is 1. The number of carbonyl (C=O) groups is 1. The lowest BCUT2D eigenvalue weighted by Crippen LogP contribution is -2.43. The van der Waals surface area contributed by atoms with E-state index in [4.69, 9.17) is 9.47 Å². The fraction of sp³-hybridized carbons (Fsp3) is 0.400. The molecule has 6 heteroatoms. The highest BCUT2D eigenvalue weighted by Crippen LogP contribution is 2.21. The molecule has 0 N–H and O–H groups in total. The van der Waals surface area contributed by atoms with Crippen molar-refractivity contribution in [3.05, 3.63) is 30.1 Å². The zero-order chi connectivity index (χ0) is 14.7. The van der Waals surface area contributed by atoms with Gasteiger partial charge in [0.25, 0.3) is 5.91 Å². The van der Waals surface area contributed by atoms with Crippen LogP contribution in [0.1, 0.15) is 5.82 Å². The van der Waals surface area contributed by atoms with Crippen molar-refractivity contribution in [2.24, 2.45) is 0 Å². The van der Waals surface area contributed by atoms with Crippen LogP contribution in [-0.4, -0.2) is 53.7 Å². The number of aryl methyl sites for hydroxylation is 1. The van der Waals surface area contributed by atoms with Crippen molar-refractivity contribution >= 4 is 16.8 Å². The first-order valence-corrected chi connectivity index (χ1v) is 6.96. The maximum atomic E-state index is 12.1. The Labute approximate surface area is 122 Å². The van der Waals surface area contributed by atoms with Crippen LogP contribution in [0.3, 0.4) is 0 Å². The van der Waals surface area contributed by atoms with Gasteiger partial charge in [-0.05, 0) is 19.1 Å². The zero-order valence-electron chi connectivity index (χ0n) is 11.9. The lowest BCUT2D eigenvalue weighted by Gasteiger charge is -2.26. The molecule has 2 heterocycles. The van der Waals surface area contributed by atoms with E-state index in [1.807, 2.05) is 31.2 Å². The molecule has 0 atom stereocenters. The largest absolute Gasteiger partial charge is 0.467 e. The molecule has 1 amide bonds. The van der Waals surface area contributed by atoms with Gasteiger partial charge in [0.15, 0.2) is 6.61 Å². The van der Waals surface area contributed by atoms with Crippen LogP contribution in [0.25, 0.3) is 10.9 Å². The highest BCUT2D eigenvalue weighted by molar-refractivity contribution is 5.84. The van der Waals surface area contributed by atoms with Crippen molar-refractivity contribution < 1.29 is 14.3 Å². The molecule has 21 heavy (non-hydrogen) atoms. The van der Waals surface area contributed by atoms with E-state index in [0.29, 0.717) is 38.0 Å². The van der Waals surface area contributed by atoms with Crippen LogP contribution < -0.4 is 4.74 Å². The minimum Gasteiger partial charge on any atom is -0.467 e. The Morgan fingerprint density at radius 2 is 2.05 bits per heavy atom. The standard InChI is InChI=1S/C15H17N3O3/c1-11-16-13-5-3-2-4-12(13)15(17-11)21-10-14(19)18-6-8-20-9-7-18/h2-5H,6-10H2,1H3. The zero-order valence-corrected chi connectivity index (χ0v) is 11.9. The van der Waals surface area contributed by atoms with Crippen molar-refractivity contribution in [1.29, 1.82) is 0 Å². The molecule has 6 nitrogen and oxygen atoms in total. The van der Waals surface area contributed by atoms with Gasteiger partial charge in [-0.3, -0.25) is 4.79 Å². The summed E-state index contributed by atoms with van der Waals surface area (Å²) in [6.45, 7) is 4.20. The molecule has 1 aromatic carbocycles. The molecule has 1 fully saturated rings. The number of rotatable bonds is 3. The molecule has 0 saturated carbocycles. The van der Waals surface area contributed by atoms with Crippen molar-refractivity contribution in [2.45, 2.75) is 6.92 Å². The van der Waals surface area contributed by atoms with Crippen LogP contribution in [0, 0.1) is 6.92 Å². The number of carbonyl (C=O) groups excluding carboxylic acids is 1. The summed E-state index contributed by atoms with van der Waals surface area (Å²) in [5, 5.41) is 0.817. The first kappa shape index (κ1) is 13.8. The molecule has 1 aliphatic heterocycles. The second-order valence-corrected chi connectivity index (χ2v) is 4.87. The predicted octanol–water partition coefficient (Wildman–Crippen LogP) is 1.18. The Hall–Kier alpha value is -2.21. The Kier molecular flexibility index (Phi) is 3.96. The van der Waals surface area contributed by atoms with Crippen LogP contribution in [0.5, 0.6) is 5.88 Å². The van der Waals surface area contributed by atoms with Gasteiger partial charge in [-0.25, -0.2) is 4.98 Å². The minimum absolute atomic E-state index is 0.0134. The number of aromatic nitrogens is 2. The Morgan fingerprint density at radius 1 is 1.29 bits per heavy atom. The van der Waals surface area contributed by atoms with Crippen molar-refractivity contribution in [2.75, 3.05) is 32.9 Å². The van der Waals surface area contributed by atoms with Gasteiger partial charge in [0.1, 0.15) is 5.82 Å². The fourth-order valence-electron chi connectivity index (χ4n) is 2.30. The topological polar surface area (TPSA) is 64.5 Å². The lowest BCUT2D eigenvalue weighted by molar-refractivity contribution is -0.137. The number of nitrogens with zero attached hydrogens (tertiary/aromatic N) is 3. The van der Waals surface area contributed by atoms with E-state index in [1.54, 1.807) is 4.90 Å². The normalized spacial score (nSPS) is 15.2. The maximum Gasteiger partial charge on any atom is 0.260 e. The second kappa shape index (κ2) is 6.05. The van der Waals surface area contributed by atoms with Crippen LogP contribution in [0.4, 0.5) is 0 Å². The smallest absolute Gasteiger partial charge is 0.260 e. The minimum atomic E-state index is -0.0429. The van der Waals surface area contributed by atoms with Crippen molar-refractivity contribution in [3.8, 4) is 5.88 Å². The highest BCUT2D eigenvalue weighted by atomic mass is 16.5. The molecular weight excluding hydrogens is 270 g/mol. The molecular formula is C15H17N3O3. The first-order valence-electron chi connectivity index (χ1n) is 6.96. The summed E-state index contributed by atoms with van der Waals surface area (Å²) in [5.74, 6) is 1.04. The third-order valence-corrected chi connectivity index (χ3v) is 3.38. The summed E-state index contributed by atoms with van der Waals surface area (Å²) in [6.07, 6.45) is 0. The van der Waals surface area contributed by atoms with Crippen molar-refractivity contribution in [1.82, 2.24) is 14.9 Å². The number of hydrogen-bond donors (Lipinski definition) is 0. The molecule has 0 unspecified atom stereocenters. The summed E-state index contributed by atoms with van der Waals surface area (Å²) in [7, 11) is 0. The van der Waals surface area contributed by atoms with E-state index >= 15 is 0 Å². The quantitative estimate of drug-likeness (QED) is 0.848. The highest BCUT2D eigenvalue weighted by Gasteiger charge is 2.18. The fourth-order valence-corrected chi connectivity index (χ4v) is 2.30. The van der Waals surface area contributed by atoms with E-state index < -0.39 is 0 Å². The molecule has 0 spiro atoms. The van der Waals surface area contributed by atoms with E-state index in [2.05, 4.69) is 9.97 Å². The average Bonchev–Trinajstić information content (AvgIpc) is 2.53. The number of fused-ring (bicyclic) bond motifs is 1. The summed E-state index contributed by atoms with van der Waals surface area (Å²) in [6, 6.07) is 7.61. The van der Waals surface area contributed by atoms with Crippen LogP contribution in [0.2, 0.25) is 0 Å². The number of ether oxygens (including phenoxy) is 2. The Bertz CT molecular complexity index is 654.